The third kappa shape index (κ3) is 2.34. The number of amides is 1. The van der Waals surface area contributed by atoms with E-state index in [4.69, 9.17) is 0 Å². The Kier molecular flexibility index (Phi) is 3.09. The molecule has 0 bridgehead atoms. The van der Waals surface area contributed by atoms with Crippen LogP contribution in [0.1, 0.15) is 28.4 Å². The number of aryl methyl sites for hydroxylation is 3. The number of hydrogen-bond donors (Lipinski definition) is 2. The van der Waals surface area contributed by atoms with Gasteiger partial charge < -0.3 is 10.6 Å². The van der Waals surface area contributed by atoms with Gasteiger partial charge in [0.25, 0.3) is 5.91 Å². The van der Waals surface area contributed by atoms with Crippen molar-refractivity contribution in [1.82, 2.24) is 19.7 Å². The van der Waals surface area contributed by atoms with E-state index in [2.05, 4.69) is 25.7 Å². The Morgan fingerprint density at radius 3 is 3.05 bits per heavy atom. The number of nitrogens with zero attached hydrogens (tertiary/aromatic N) is 4. The smallest absolute Gasteiger partial charge is 0.274 e. The van der Waals surface area contributed by atoms with E-state index >= 15 is 0 Å². The first-order valence-electron chi connectivity index (χ1n) is 6.57. The molecular weight excluding hydrogens is 256 g/mol. The summed E-state index contributed by atoms with van der Waals surface area (Å²) in [5.41, 5.74) is 1.83. The van der Waals surface area contributed by atoms with Gasteiger partial charge in [-0.25, -0.2) is 14.6 Å². The summed E-state index contributed by atoms with van der Waals surface area (Å²) in [6, 6.07) is 1.67. The quantitative estimate of drug-likeness (QED) is 0.862. The van der Waals surface area contributed by atoms with Crippen LogP contribution in [0.25, 0.3) is 0 Å². The van der Waals surface area contributed by atoms with E-state index in [9.17, 15) is 4.79 Å². The Bertz CT molecular complexity index is 643. The number of hydrogen-bond acceptors (Lipinski definition) is 5. The minimum atomic E-state index is -0.248. The van der Waals surface area contributed by atoms with Crippen LogP contribution in [0.5, 0.6) is 0 Å². The fourth-order valence-corrected chi connectivity index (χ4v) is 2.29. The zero-order valence-electron chi connectivity index (χ0n) is 11.5. The molecule has 0 aromatic carbocycles. The molecule has 0 radical (unpaired) electrons. The maximum atomic E-state index is 12.2. The van der Waals surface area contributed by atoms with Crippen LogP contribution < -0.4 is 10.6 Å². The number of aromatic nitrogens is 4. The molecule has 0 atom stereocenters. The zero-order chi connectivity index (χ0) is 14.1. The largest absolute Gasteiger partial charge is 0.368 e. The van der Waals surface area contributed by atoms with E-state index in [0.29, 0.717) is 17.2 Å². The van der Waals surface area contributed by atoms with E-state index in [-0.39, 0.29) is 5.91 Å². The van der Waals surface area contributed by atoms with Gasteiger partial charge in [-0.05, 0) is 26.3 Å². The van der Waals surface area contributed by atoms with E-state index in [1.54, 1.807) is 19.2 Å². The van der Waals surface area contributed by atoms with Gasteiger partial charge in [0.15, 0.2) is 0 Å². The van der Waals surface area contributed by atoms with E-state index in [0.717, 1.165) is 31.0 Å². The maximum Gasteiger partial charge on any atom is 0.274 e. The first-order valence-corrected chi connectivity index (χ1v) is 6.57. The topological polar surface area (TPSA) is 84.7 Å². The first kappa shape index (κ1) is 12.6. The molecule has 1 aliphatic rings. The summed E-state index contributed by atoms with van der Waals surface area (Å²) < 4.78 is 1.86. The van der Waals surface area contributed by atoms with Crippen LogP contribution >= 0.6 is 0 Å². The monoisotopic (exact) mass is 272 g/mol. The zero-order valence-corrected chi connectivity index (χ0v) is 11.5. The molecule has 0 saturated carbocycles. The van der Waals surface area contributed by atoms with Crippen LogP contribution in [0.15, 0.2) is 12.3 Å². The van der Waals surface area contributed by atoms with E-state index in [1.807, 2.05) is 11.6 Å². The van der Waals surface area contributed by atoms with Crippen LogP contribution in [0.2, 0.25) is 0 Å². The summed E-state index contributed by atoms with van der Waals surface area (Å²) in [7, 11) is 0. The predicted molar refractivity (Wildman–Crippen MR) is 74.8 cm³/mol. The summed E-state index contributed by atoms with van der Waals surface area (Å²) in [6.07, 6.45) is 2.69. The van der Waals surface area contributed by atoms with Crippen LogP contribution in [0.3, 0.4) is 0 Å². The van der Waals surface area contributed by atoms with Gasteiger partial charge in [-0.3, -0.25) is 4.79 Å². The molecule has 1 aliphatic heterocycles. The summed E-state index contributed by atoms with van der Waals surface area (Å²) >= 11 is 0. The van der Waals surface area contributed by atoms with Crippen LogP contribution in [-0.2, 0) is 6.54 Å². The van der Waals surface area contributed by atoms with Crippen molar-refractivity contribution in [2.75, 3.05) is 17.2 Å². The lowest BCUT2D eigenvalue weighted by Crippen LogP contribution is -2.20. The lowest BCUT2D eigenvalue weighted by molar-refractivity contribution is 0.102. The number of nitrogens with one attached hydrogen (secondary N) is 2. The van der Waals surface area contributed by atoms with Gasteiger partial charge in [-0.15, -0.1) is 0 Å². The fraction of sp³-hybridized carbons (Fsp3) is 0.385. The summed E-state index contributed by atoms with van der Waals surface area (Å²) in [4.78, 5) is 20.6. The Labute approximate surface area is 116 Å². The van der Waals surface area contributed by atoms with Crippen LogP contribution in [0.4, 0.5) is 11.5 Å². The Morgan fingerprint density at radius 1 is 1.40 bits per heavy atom. The average molecular weight is 272 g/mol. The number of rotatable bonds is 2. The molecule has 0 saturated heterocycles. The minimum absolute atomic E-state index is 0.248. The van der Waals surface area contributed by atoms with Gasteiger partial charge in [0.1, 0.15) is 23.0 Å². The SMILES string of the molecule is Cc1cc(C(=O)Nc2cnn3c2NCCC3)nc(C)n1. The van der Waals surface area contributed by atoms with Crippen LogP contribution in [0, 0.1) is 13.8 Å². The summed E-state index contributed by atoms with van der Waals surface area (Å²) in [5, 5.41) is 10.3. The number of anilines is 2. The molecule has 0 unspecified atom stereocenters. The van der Waals surface area contributed by atoms with Crippen molar-refractivity contribution in [1.29, 1.82) is 0 Å². The molecule has 104 valence electrons. The van der Waals surface area contributed by atoms with Gasteiger partial charge in [-0.2, -0.15) is 5.10 Å². The van der Waals surface area contributed by atoms with Gasteiger partial charge in [-0.1, -0.05) is 0 Å². The van der Waals surface area contributed by atoms with Crippen molar-refractivity contribution in [3.8, 4) is 0 Å². The van der Waals surface area contributed by atoms with Gasteiger partial charge in [0.2, 0.25) is 0 Å². The number of fused-ring (bicyclic) bond motifs is 1. The van der Waals surface area contributed by atoms with Crippen molar-refractivity contribution in [2.24, 2.45) is 0 Å². The Morgan fingerprint density at radius 2 is 2.25 bits per heavy atom. The number of carbonyl (C=O) groups is 1. The lowest BCUT2D eigenvalue weighted by Gasteiger charge is -2.17. The highest BCUT2D eigenvalue weighted by molar-refractivity contribution is 6.04. The second-order valence-corrected chi connectivity index (χ2v) is 4.81. The van der Waals surface area contributed by atoms with E-state index < -0.39 is 0 Å². The molecule has 7 nitrogen and oxygen atoms in total. The molecule has 2 aromatic rings. The molecule has 2 aromatic heterocycles. The second-order valence-electron chi connectivity index (χ2n) is 4.81. The van der Waals surface area contributed by atoms with Crippen molar-refractivity contribution in [3.05, 3.63) is 29.5 Å². The fourth-order valence-electron chi connectivity index (χ4n) is 2.29. The van der Waals surface area contributed by atoms with E-state index in [1.165, 1.54) is 0 Å². The van der Waals surface area contributed by atoms with Crippen molar-refractivity contribution < 1.29 is 4.79 Å². The highest BCUT2D eigenvalue weighted by Crippen LogP contribution is 2.24. The standard InChI is InChI=1S/C13H16N6O/c1-8-6-10(17-9(2)16-8)13(20)18-11-7-15-19-5-3-4-14-12(11)19/h6-7,14H,3-5H2,1-2H3,(H,18,20). The maximum absolute atomic E-state index is 12.2. The lowest BCUT2D eigenvalue weighted by atomic mass is 10.3. The molecule has 1 amide bonds. The number of carbonyl (C=O) groups excluding carboxylic acids is 1. The summed E-state index contributed by atoms with van der Waals surface area (Å²) in [6.45, 7) is 5.37. The molecule has 2 N–H and O–H groups in total. The molecule has 20 heavy (non-hydrogen) atoms. The Hall–Kier alpha value is -2.44. The summed E-state index contributed by atoms with van der Waals surface area (Å²) in [5.74, 6) is 1.19. The van der Waals surface area contributed by atoms with Crippen LogP contribution in [-0.4, -0.2) is 32.2 Å². The third-order valence-electron chi connectivity index (χ3n) is 3.13. The van der Waals surface area contributed by atoms with Crippen molar-refractivity contribution >= 4 is 17.4 Å². The molecule has 3 heterocycles. The normalized spacial score (nSPS) is 13.5. The van der Waals surface area contributed by atoms with Gasteiger partial charge in [0, 0.05) is 18.8 Å². The Balaban J connectivity index is 1.84. The van der Waals surface area contributed by atoms with Crippen molar-refractivity contribution in [3.63, 3.8) is 0 Å². The van der Waals surface area contributed by atoms with Crippen molar-refractivity contribution in [2.45, 2.75) is 26.8 Å². The molecule has 0 fully saturated rings. The molecule has 3 rings (SSSR count). The van der Waals surface area contributed by atoms with Gasteiger partial charge >= 0.3 is 0 Å². The molecule has 0 aliphatic carbocycles. The minimum Gasteiger partial charge on any atom is -0.368 e. The molecule has 7 heteroatoms. The highest BCUT2D eigenvalue weighted by Gasteiger charge is 2.17. The average Bonchev–Trinajstić information content (AvgIpc) is 2.81. The first-order chi connectivity index (χ1) is 9.63. The highest BCUT2D eigenvalue weighted by atomic mass is 16.1. The second kappa shape index (κ2) is 4.92. The van der Waals surface area contributed by atoms with Gasteiger partial charge in [0.05, 0.1) is 6.20 Å². The third-order valence-corrected chi connectivity index (χ3v) is 3.13. The predicted octanol–water partition coefficient (Wildman–Crippen LogP) is 1.36. The molecular formula is C13H16N6O. The molecule has 0 spiro atoms.